The third kappa shape index (κ3) is 7.06. The summed E-state index contributed by atoms with van der Waals surface area (Å²) in [6.45, 7) is 2.65. The van der Waals surface area contributed by atoms with Gasteiger partial charge in [0.15, 0.2) is 0 Å². The minimum absolute atomic E-state index is 0.219. The average Bonchev–Trinajstić information content (AvgIpc) is 2.80. The van der Waals surface area contributed by atoms with Crippen LogP contribution in [-0.2, 0) is 11.2 Å². The molecule has 6 nitrogen and oxygen atoms in total. The highest BCUT2D eigenvalue weighted by atomic mass is 79.9. The molecule has 0 heterocycles. The first-order valence-corrected chi connectivity index (χ1v) is 10.9. The molecule has 1 N–H and O–H groups in total. The molecule has 0 unspecified atom stereocenters. The lowest BCUT2D eigenvalue weighted by molar-refractivity contribution is -0.120. The van der Waals surface area contributed by atoms with Crippen LogP contribution in [0.1, 0.15) is 34.8 Å². The summed E-state index contributed by atoms with van der Waals surface area (Å²) in [5.41, 5.74) is 4.32. The number of ether oxygens (including phenoxy) is 2. The molecule has 0 bridgehead atoms. The molecule has 0 aliphatic carbocycles. The van der Waals surface area contributed by atoms with E-state index < -0.39 is 5.97 Å². The van der Waals surface area contributed by atoms with Crippen molar-refractivity contribution in [3.8, 4) is 11.5 Å². The van der Waals surface area contributed by atoms with Gasteiger partial charge in [0.25, 0.3) is 0 Å². The van der Waals surface area contributed by atoms with Gasteiger partial charge in [0, 0.05) is 10.0 Å². The van der Waals surface area contributed by atoms with E-state index in [1.165, 1.54) is 6.21 Å². The Morgan fingerprint density at radius 2 is 1.78 bits per heavy atom. The van der Waals surface area contributed by atoms with E-state index in [4.69, 9.17) is 9.47 Å². The molecule has 1 amide bonds. The van der Waals surface area contributed by atoms with Crippen molar-refractivity contribution < 1.29 is 19.1 Å². The highest BCUT2D eigenvalue weighted by molar-refractivity contribution is 9.10. The molecule has 0 atom stereocenters. The first-order valence-electron chi connectivity index (χ1n) is 10.2. The van der Waals surface area contributed by atoms with Crippen LogP contribution in [0.3, 0.4) is 0 Å². The van der Waals surface area contributed by atoms with Gasteiger partial charge >= 0.3 is 5.97 Å². The fourth-order valence-corrected chi connectivity index (χ4v) is 3.15. The normalized spacial score (nSPS) is 10.7. The van der Waals surface area contributed by atoms with Gasteiger partial charge in [0.2, 0.25) is 5.91 Å². The molecule has 32 heavy (non-hydrogen) atoms. The average molecular weight is 495 g/mol. The van der Waals surface area contributed by atoms with Gasteiger partial charge in [-0.15, -0.1) is 0 Å². The van der Waals surface area contributed by atoms with Crippen LogP contribution in [0.25, 0.3) is 0 Å². The molecule has 0 fully saturated rings. The van der Waals surface area contributed by atoms with Crippen LogP contribution in [0, 0.1) is 0 Å². The number of hydrogen-bond donors (Lipinski definition) is 1. The van der Waals surface area contributed by atoms with Gasteiger partial charge in [0.1, 0.15) is 11.5 Å². The summed E-state index contributed by atoms with van der Waals surface area (Å²) in [4.78, 5) is 24.7. The van der Waals surface area contributed by atoms with Crippen LogP contribution in [-0.4, -0.2) is 24.7 Å². The number of carbonyl (C=O) groups excluding carboxylic acids is 2. The number of nitrogens with zero attached hydrogens (tertiary/aromatic N) is 1. The molecule has 7 heteroatoms. The predicted molar refractivity (Wildman–Crippen MR) is 127 cm³/mol. The van der Waals surface area contributed by atoms with Crippen molar-refractivity contribution in [1.82, 2.24) is 5.43 Å². The molecule has 0 saturated carbocycles. The van der Waals surface area contributed by atoms with Gasteiger partial charge in [-0.1, -0.05) is 53.2 Å². The summed E-state index contributed by atoms with van der Waals surface area (Å²) in [6, 6.07) is 21.3. The zero-order chi connectivity index (χ0) is 22.8. The van der Waals surface area contributed by atoms with E-state index in [0.717, 1.165) is 16.5 Å². The first kappa shape index (κ1) is 23.2. The van der Waals surface area contributed by atoms with Gasteiger partial charge in [0.05, 0.1) is 24.8 Å². The van der Waals surface area contributed by atoms with E-state index in [0.29, 0.717) is 29.2 Å². The minimum atomic E-state index is -0.503. The number of amides is 1. The number of hydrazone groups is 1. The Bertz CT molecular complexity index is 1080. The molecular formula is C25H23BrN2O4. The second-order valence-corrected chi connectivity index (χ2v) is 7.82. The molecule has 0 aliphatic heterocycles. The van der Waals surface area contributed by atoms with Crippen LogP contribution in [0.4, 0.5) is 0 Å². The Balaban J connectivity index is 1.64. The second kappa shape index (κ2) is 11.8. The lowest BCUT2D eigenvalue weighted by Crippen LogP contribution is -2.19. The first-order chi connectivity index (χ1) is 15.5. The number of nitrogens with one attached hydrogen (secondary N) is 1. The zero-order valence-corrected chi connectivity index (χ0v) is 19.2. The van der Waals surface area contributed by atoms with E-state index in [1.54, 1.807) is 42.5 Å². The van der Waals surface area contributed by atoms with Crippen LogP contribution in [0.15, 0.2) is 82.4 Å². The molecule has 0 saturated heterocycles. The summed E-state index contributed by atoms with van der Waals surface area (Å²) >= 11 is 3.40. The number of esters is 1. The summed E-state index contributed by atoms with van der Waals surface area (Å²) in [6.07, 6.45) is 2.57. The van der Waals surface area contributed by atoms with E-state index in [9.17, 15) is 9.59 Å². The summed E-state index contributed by atoms with van der Waals surface area (Å²) < 4.78 is 11.9. The Labute approximate surface area is 195 Å². The van der Waals surface area contributed by atoms with Crippen molar-refractivity contribution in [3.63, 3.8) is 0 Å². The summed E-state index contributed by atoms with van der Waals surface area (Å²) in [5.74, 6) is 0.278. The summed E-state index contributed by atoms with van der Waals surface area (Å²) in [5, 5.41) is 4.01. The van der Waals surface area contributed by atoms with Crippen LogP contribution in [0.5, 0.6) is 11.5 Å². The van der Waals surface area contributed by atoms with Crippen molar-refractivity contribution >= 4 is 34.0 Å². The monoisotopic (exact) mass is 494 g/mol. The fraction of sp³-hybridized carbons (Fsp3) is 0.160. The van der Waals surface area contributed by atoms with Crippen molar-refractivity contribution in [2.45, 2.75) is 19.8 Å². The fourth-order valence-electron chi connectivity index (χ4n) is 2.77. The maximum absolute atomic E-state index is 12.6. The quantitative estimate of drug-likeness (QED) is 0.193. The predicted octanol–water partition coefficient (Wildman–Crippen LogP) is 5.15. The number of hydrogen-bond acceptors (Lipinski definition) is 5. The number of carbonyl (C=O) groups is 2. The van der Waals surface area contributed by atoms with E-state index >= 15 is 0 Å². The third-order valence-electron chi connectivity index (χ3n) is 4.34. The van der Waals surface area contributed by atoms with Gasteiger partial charge in [-0.25, -0.2) is 10.2 Å². The second-order valence-electron chi connectivity index (χ2n) is 6.90. The van der Waals surface area contributed by atoms with Gasteiger partial charge < -0.3 is 9.47 Å². The molecule has 3 aromatic rings. The highest BCUT2D eigenvalue weighted by Gasteiger charge is 2.12. The minimum Gasteiger partial charge on any atom is -0.494 e. The third-order valence-corrected chi connectivity index (χ3v) is 4.83. The van der Waals surface area contributed by atoms with E-state index in [2.05, 4.69) is 26.5 Å². The number of halogens is 1. The smallest absolute Gasteiger partial charge is 0.343 e. The van der Waals surface area contributed by atoms with Crippen molar-refractivity contribution in [2.24, 2.45) is 5.10 Å². The van der Waals surface area contributed by atoms with Crippen LogP contribution < -0.4 is 14.9 Å². The number of benzene rings is 3. The maximum atomic E-state index is 12.6. The Morgan fingerprint density at radius 1 is 1.03 bits per heavy atom. The molecule has 0 spiro atoms. The van der Waals surface area contributed by atoms with Gasteiger partial charge in [-0.3, -0.25) is 4.79 Å². The topological polar surface area (TPSA) is 77.0 Å². The lowest BCUT2D eigenvalue weighted by Gasteiger charge is -2.09. The van der Waals surface area contributed by atoms with E-state index in [-0.39, 0.29) is 12.3 Å². The maximum Gasteiger partial charge on any atom is 0.343 e. The largest absolute Gasteiger partial charge is 0.494 e. The Morgan fingerprint density at radius 3 is 2.50 bits per heavy atom. The SMILES string of the molecule is CCCOc1ccc(C(=O)Oc2ccc(Br)cc2/C=N/NC(=O)Cc2ccccc2)cc1. The molecule has 3 rings (SSSR count). The van der Waals surface area contributed by atoms with E-state index in [1.807, 2.05) is 37.3 Å². The van der Waals surface area contributed by atoms with Crippen LogP contribution in [0.2, 0.25) is 0 Å². The van der Waals surface area contributed by atoms with Crippen molar-refractivity contribution in [3.05, 3.63) is 94.0 Å². The standard InChI is InChI=1S/C25H23BrN2O4/c1-2-14-31-22-11-8-19(9-12-22)25(30)32-23-13-10-21(26)16-20(23)17-27-28-24(29)15-18-6-4-3-5-7-18/h3-13,16-17H,2,14-15H2,1H3,(H,28,29)/b27-17+. The van der Waals surface area contributed by atoms with Crippen LogP contribution >= 0.6 is 15.9 Å². The molecular weight excluding hydrogens is 472 g/mol. The Kier molecular flexibility index (Phi) is 8.57. The zero-order valence-electron chi connectivity index (χ0n) is 17.6. The Hall–Kier alpha value is -3.45. The molecule has 164 valence electrons. The number of rotatable bonds is 9. The highest BCUT2D eigenvalue weighted by Crippen LogP contribution is 2.23. The molecule has 0 aliphatic rings. The van der Waals surface area contributed by atoms with Crippen molar-refractivity contribution in [1.29, 1.82) is 0 Å². The summed E-state index contributed by atoms with van der Waals surface area (Å²) in [7, 11) is 0. The van der Waals surface area contributed by atoms with Gasteiger partial charge in [-0.2, -0.15) is 5.10 Å². The van der Waals surface area contributed by atoms with Crippen molar-refractivity contribution in [2.75, 3.05) is 6.61 Å². The molecule has 0 radical (unpaired) electrons. The lowest BCUT2D eigenvalue weighted by atomic mass is 10.1. The molecule has 0 aromatic heterocycles. The van der Waals surface area contributed by atoms with Gasteiger partial charge in [-0.05, 0) is 54.4 Å². The molecule has 3 aromatic carbocycles.